The summed E-state index contributed by atoms with van der Waals surface area (Å²) in [6.07, 6.45) is 0.768. The van der Waals surface area contributed by atoms with Gasteiger partial charge in [-0.05, 0) is 41.3 Å². The molecule has 0 spiro atoms. The Morgan fingerprint density at radius 3 is 2.95 bits per heavy atom. The minimum atomic E-state index is -3.52. The summed E-state index contributed by atoms with van der Waals surface area (Å²) in [6, 6.07) is 2.00. The van der Waals surface area contributed by atoms with Gasteiger partial charge in [-0.15, -0.1) is 22.7 Å². The molecule has 0 aromatic carbocycles. The number of hydrogen-bond donors (Lipinski definition) is 1. The third-order valence-electron chi connectivity index (χ3n) is 3.50. The quantitative estimate of drug-likeness (QED) is 0.940. The van der Waals surface area contributed by atoms with Gasteiger partial charge in [0.15, 0.2) is 0 Å². The van der Waals surface area contributed by atoms with Crippen LogP contribution in [0.15, 0.2) is 21.7 Å². The Kier molecular flexibility index (Phi) is 3.72. The topological polar surface area (TPSA) is 57.6 Å². The van der Waals surface area contributed by atoms with Gasteiger partial charge in [0.1, 0.15) is 4.90 Å². The zero-order valence-corrected chi connectivity index (χ0v) is 13.4. The fourth-order valence-corrected chi connectivity index (χ4v) is 6.42. The average molecular weight is 329 g/mol. The van der Waals surface area contributed by atoms with Crippen molar-refractivity contribution in [2.24, 2.45) is 0 Å². The highest BCUT2D eigenvalue weighted by Crippen LogP contribution is 2.33. The van der Waals surface area contributed by atoms with E-state index in [0.29, 0.717) is 22.9 Å². The van der Waals surface area contributed by atoms with Gasteiger partial charge in [0.2, 0.25) is 10.0 Å². The monoisotopic (exact) mass is 329 g/mol. The zero-order chi connectivity index (χ0) is 14.3. The van der Waals surface area contributed by atoms with Crippen molar-refractivity contribution in [2.75, 3.05) is 6.54 Å². The summed E-state index contributed by atoms with van der Waals surface area (Å²) in [5.74, 6) is 0. The van der Waals surface area contributed by atoms with Gasteiger partial charge in [-0.25, -0.2) is 8.42 Å². The maximum Gasteiger partial charge on any atom is 0.244 e. The highest BCUT2D eigenvalue weighted by atomic mass is 32.2. The summed E-state index contributed by atoms with van der Waals surface area (Å²) in [7, 11) is -3.52. The average Bonchev–Trinajstić information content (AvgIpc) is 3.03. The molecule has 0 amide bonds. The third-order valence-corrected chi connectivity index (χ3v) is 7.82. The van der Waals surface area contributed by atoms with Crippen molar-refractivity contribution in [1.29, 1.82) is 0 Å². The molecule has 2 aromatic rings. The van der Waals surface area contributed by atoms with Gasteiger partial charge in [-0.3, -0.25) is 0 Å². The Balaban J connectivity index is 1.99. The van der Waals surface area contributed by atoms with Crippen LogP contribution in [0.1, 0.15) is 20.9 Å². The normalized spacial score (nSPS) is 16.3. The predicted octanol–water partition coefficient (Wildman–Crippen LogP) is 2.36. The van der Waals surface area contributed by atoms with Crippen LogP contribution < -0.4 is 0 Å². The van der Waals surface area contributed by atoms with E-state index in [4.69, 9.17) is 0 Å². The number of thiophene rings is 2. The number of aliphatic hydroxyl groups is 1. The second-order valence-electron chi connectivity index (χ2n) is 4.79. The Hall–Kier alpha value is -0.730. The van der Waals surface area contributed by atoms with Gasteiger partial charge in [0.25, 0.3) is 0 Å². The van der Waals surface area contributed by atoms with E-state index in [2.05, 4.69) is 0 Å². The molecule has 1 N–H and O–H groups in total. The molecule has 2 aromatic heterocycles. The maximum atomic E-state index is 12.8. The number of nitrogens with zero attached hydrogens (tertiary/aromatic N) is 1. The Morgan fingerprint density at radius 2 is 2.20 bits per heavy atom. The predicted molar refractivity (Wildman–Crippen MR) is 80.6 cm³/mol. The highest BCUT2D eigenvalue weighted by molar-refractivity contribution is 7.89. The van der Waals surface area contributed by atoms with Crippen LogP contribution in [0.3, 0.4) is 0 Å². The summed E-state index contributed by atoms with van der Waals surface area (Å²) < 4.78 is 27.1. The van der Waals surface area contributed by atoms with Gasteiger partial charge >= 0.3 is 0 Å². The molecule has 0 aliphatic carbocycles. The van der Waals surface area contributed by atoms with E-state index in [1.165, 1.54) is 20.5 Å². The molecule has 0 bridgehead atoms. The van der Waals surface area contributed by atoms with E-state index in [1.54, 1.807) is 23.6 Å². The van der Waals surface area contributed by atoms with Crippen molar-refractivity contribution in [1.82, 2.24) is 4.31 Å². The minimum Gasteiger partial charge on any atom is -0.391 e. The Morgan fingerprint density at radius 1 is 1.40 bits per heavy atom. The lowest BCUT2D eigenvalue weighted by Crippen LogP contribution is -2.35. The number of sulfonamides is 1. The number of aliphatic hydroxyl groups excluding tert-OH is 1. The molecule has 3 rings (SSSR count). The molecule has 0 saturated heterocycles. The lowest BCUT2D eigenvalue weighted by molar-refractivity contribution is 0.282. The van der Waals surface area contributed by atoms with Gasteiger partial charge in [-0.2, -0.15) is 4.31 Å². The van der Waals surface area contributed by atoms with Crippen molar-refractivity contribution in [2.45, 2.75) is 31.4 Å². The number of aryl methyl sites for hydroxylation is 1. The summed E-state index contributed by atoms with van der Waals surface area (Å²) in [5.41, 5.74) is 1.82. The first-order chi connectivity index (χ1) is 9.54. The molecule has 0 atom stereocenters. The van der Waals surface area contributed by atoms with Crippen LogP contribution in [0.4, 0.5) is 0 Å². The zero-order valence-electron chi connectivity index (χ0n) is 11.0. The van der Waals surface area contributed by atoms with Crippen LogP contribution in [0.5, 0.6) is 0 Å². The molecule has 0 unspecified atom stereocenters. The standard InChI is InChI=1S/C13H15NO3S3/c1-9-8-19-12(7-15)13(9)20(16,17)14-4-2-11-10(6-14)3-5-18-11/h3,5,8,15H,2,4,6-7H2,1H3. The Bertz CT molecular complexity index is 730. The third kappa shape index (κ3) is 2.23. The van der Waals surface area contributed by atoms with Crippen LogP contribution in [0.25, 0.3) is 0 Å². The smallest absolute Gasteiger partial charge is 0.244 e. The van der Waals surface area contributed by atoms with E-state index in [0.717, 1.165) is 17.5 Å². The summed E-state index contributed by atoms with van der Waals surface area (Å²) in [6.45, 7) is 2.49. The molecule has 20 heavy (non-hydrogen) atoms. The number of fused-ring (bicyclic) bond motifs is 1. The highest BCUT2D eigenvalue weighted by Gasteiger charge is 2.32. The van der Waals surface area contributed by atoms with E-state index in [-0.39, 0.29) is 6.61 Å². The fraction of sp³-hybridized carbons (Fsp3) is 0.385. The van der Waals surface area contributed by atoms with E-state index in [9.17, 15) is 13.5 Å². The van der Waals surface area contributed by atoms with Crippen molar-refractivity contribution in [3.8, 4) is 0 Å². The first-order valence-corrected chi connectivity index (χ1v) is 9.47. The molecular formula is C13H15NO3S3. The van der Waals surface area contributed by atoms with Gasteiger partial charge in [-0.1, -0.05) is 0 Å². The molecule has 0 radical (unpaired) electrons. The lowest BCUT2D eigenvalue weighted by atomic mass is 10.1. The van der Waals surface area contributed by atoms with Gasteiger partial charge in [0, 0.05) is 18.0 Å². The van der Waals surface area contributed by atoms with Crippen LogP contribution in [0, 0.1) is 6.92 Å². The van der Waals surface area contributed by atoms with Crippen LogP contribution in [0.2, 0.25) is 0 Å². The molecule has 7 heteroatoms. The largest absolute Gasteiger partial charge is 0.391 e. The molecule has 4 nitrogen and oxygen atoms in total. The molecule has 0 saturated carbocycles. The molecule has 1 aliphatic heterocycles. The van der Waals surface area contributed by atoms with Crippen molar-refractivity contribution < 1.29 is 13.5 Å². The summed E-state index contributed by atoms with van der Waals surface area (Å²) in [5, 5.41) is 13.1. The van der Waals surface area contributed by atoms with E-state index < -0.39 is 10.0 Å². The van der Waals surface area contributed by atoms with E-state index in [1.807, 2.05) is 11.4 Å². The van der Waals surface area contributed by atoms with Crippen molar-refractivity contribution >= 4 is 32.7 Å². The number of rotatable bonds is 3. The molecular weight excluding hydrogens is 314 g/mol. The van der Waals surface area contributed by atoms with Crippen molar-refractivity contribution in [3.63, 3.8) is 0 Å². The first-order valence-electron chi connectivity index (χ1n) is 6.27. The Labute approximate surface area is 126 Å². The van der Waals surface area contributed by atoms with Gasteiger partial charge < -0.3 is 5.11 Å². The number of hydrogen-bond acceptors (Lipinski definition) is 5. The minimum absolute atomic E-state index is 0.232. The van der Waals surface area contributed by atoms with Crippen LogP contribution in [-0.4, -0.2) is 24.4 Å². The maximum absolute atomic E-state index is 12.8. The fourth-order valence-electron chi connectivity index (χ4n) is 2.50. The lowest BCUT2D eigenvalue weighted by Gasteiger charge is -2.26. The molecule has 108 valence electrons. The first kappa shape index (κ1) is 14.2. The van der Waals surface area contributed by atoms with E-state index >= 15 is 0 Å². The van der Waals surface area contributed by atoms with Gasteiger partial charge in [0.05, 0.1) is 11.5 Å². The summed E-state index contributed by atoms with van der Waals surface area (Å²) >= 11 is 2.99. The SMILES string of the molecule is Cc1csc(CO)c1S(=O)(=O)N1CCc2sccc2C1. The van der Waals surface area contributed by atoms with Crippen molar-refractivity contribution in [3.05, 3.63) is 37.7 Å². The van der Waals surface area contributed by atoms with Crippen LogP contribution in [-0.2, 0) is 29.6 Å². The molecule has 0 fully saturated rings. The molecule has 1 aliphatic rings. The second kappa shape index (κ2) is 5.23. The summed E-state index contributed by atoms with van der Waals surface area (Å²) in [4.78, 5) is 2.10. The second-order valence-corrected chi connectivity index (χ2v) is 8.63. The molecule has 3 heterocycles. The van der Waals surface area contributed by atoms with Crippen LogP contribution >= 0.6 is 22.7 Å².